The molecule has 9 heteroatoms. The van der Waals surface area contributed by atoms with Gasteiger partial charge >= 0.3 is 6.09 Å². The fraction of sp³-hybridized carbons (Fsp3) is 0.464. The van der Waals surface area contributed by atoms with Crippen molar-refractivity contribution in [2.24, 2.45) is 0 Å². The van der Waals surface area contributed by atoms with E-state index in [0.29, 0.717) is 45.6 Å². The van der Waals surface area contributed by atoms with Crippen molar-refractivity contribution in [3.8, 4) is 11.1 Å². The molecule has 3 rings (SSSR count). The van der Waals surface area contributed by atoms with E-state index in [4.69, 9.17) is 14.2 Å². The third-order valence-electron chi connectivity index (χ3n) is 6.30. The molecule has 0 heterocycles. The van der Waals surface area contributed by atoms with Crippen molar-refractivity contribution in [3.63, 3.8) is 0 Å². The second-order valence-corrected chi connectivity index (χ2v) is 8.73. The van der Waals surface area contributed by atoms with Crippen molar-refractivity contribution in [1.82, 2.24) is 16.0 Å². The highest BCUT2D eigenvalue weighted by atomic mass is 16.5. The van der Waals surface area contributed by atoms with E-state index in [0.717, 1.165) is 12.8 Å². The number of likely N-dealkylation sites (N-methyl/N-ethyl adjacent to an activating group) is 1. The van der Waals surface area contributed by atoms with E-state index in [-0.39, 0.29) is 31.1 Å². The number of amides is 2. The van der Waals surface area contributed by atoms with Gasteiger partial charge in [-0.2, -0.15) is 0 Å². The van der Waals surface area contributed by atoms with E-state index in [1.807, 2.05) is 24.3 Å². The van der Waals surface area contributed by atoms with Gasteiger partial charge in [0.1, 0.15) is 19.5 Å². The number of rotatable bonds is 17. The van der Waals surface area contributed by atoms with Gasteiger partial charge in [-0.25, -0.2) is 4.79 Å². The van der Waals surface area contributed by atoms with Crippen LogP contribution in [0.3, 0.4) is 0 Å². The first kappa shape index (κ1) is 28.3. The largest absolute Gasteiger partial charge is 0.449 e. The molecule has 0 aliphatic heterocycles. The highest BCUT2D eigenvalue weighted by Gasteiger charge is 2.28. The summed E-state index contributed by atoms with van der Waals surface area (Å²) < 4.78 is 15.9. The molecule has 0 spiro atoms. The molecule has 1 aliphatic rings. The van der Waals surface area contributed by atoms with Crippen LogP contribution < -0.4 is 16.0 Å². The first-order valence-corrected chi connectivity index (χ1v) is 12.8. The molecular formula is C28H37N3O6. The van der Waals surface area contributed by atoms with Crippen LogP contribution in [0.5, 0.6) is 0 Å². The number of hydrogen-bond donors (Lipinski definition) is 3. The van der Waals surface area contributed by atoms with Crippen LogP contribution in [0.1, 0.15) is 36.3 Å². The smallest absolute Gasteiger partial charge is 0.407 e. The summed E-state index contributed by atoms with van der Waals surface area (Å²) in [7, 11) is 1.75. The first-order valence-electron chi connectivity index (χ1n) is 12.8. The fourth-order valence-corrected chi connectivity index (χ4v) is 4.44. The molecule has 2 aromatic rings. The van der Waals surface area contributed by atoms with Crippen molar-refractivity contribution in [2.75, 3.05) is 53.2 Å². The average molecular weight is 512 g/mol. The van der Waals surface area contributed by atoms with Crippen LogP contribution in [0.2, 0.25) is 0 Å². The monoisotopic (exact) mass is 511 g/mol. The van der Waals surface area contributed by atoms with Gasteiger partial charge < -0.3 is 35.0 Å². The standard InChI is InChI=1S/C28H37N3O6/c1-29-26(27(33)30-14-16-35-18-19-36-17-15-32)12-6-7-13-31-28(34)37-20-25-23-10-4-2-8-21(23)22-9-3-5-11-24(22)25/h2-5,8-11,15,25-26,29H,6-7,12-14,16-20H2,1H3,(H,30,33)(H,31,34). The van der Waals surface area contributed by atoms with Crippen molar-refractivity contribution >= 4 is 18.3 Å². The SMILES string of the molecule is CNC(CCCCNC(=O)OCC1c2ccccc2-c2ccccc21)C(=O)NCCOCCOCC=O. The molecule has 1 aliphatic carbocycles. The molecule has 0 radical (unpaired) electrons. The minimum atomic E-state index is -0.429. The number of carbonyl (C=O) groups is 3. The number of nitrogens with one attached hydrogen (secondary N) is 3. The highest BCUT2D eigenvalue weighted by Crippen LogP contribution is 2.44. The Bertz CT molecular complexity index is 969. The zero-order chi connectivity index (χ0) is 26.3. The zero-order valence-electron chi connectivity index (χ0n) is 21.4. The average Bonchev–Trinajstić information content (AvgIpc) is 3.24. The van der Waals surface area contributed by atoms with Gasteiger partial charge in [0, 0.05) is 19.0 Å². The van der Waals surface area contributed by atoms with Gasteiger partial charge in [0.15, 0.2) is 0 Å². The van der Waals surface area contributed by atoms with Crippen LogP contribution >= 0.6 is 0 Å². The van der Waals surface area contributed by atoms with Crippen LogP contribution in [0, 0.1) is 0 Å². The number of carbonyl (C=O) groups excluding carboxylic acids is 3. The number of aldehydes is 1. The Morgan fingerprint density at radius 2 is 1.57 bits per heavy atom. The lowest BCUT2D eigenvalue weighted by Crippen LogP contribution is -2.43. The molecule has 2 aromatic carbocycles. The molecule has 2 amide bonds. The third-order valence-corrected chi connectivity index (χ3v) is 6.30. The summed E-state index contributed by atoms with van der Waals surface area (Å²) in [4.78, 5) is 34.8. The summed E-state index contributed by atoms with van der Waals surface area (Å²) in [5.74, 6) is -0.0537. The molecule has 0 saturated heterocycles. The lowest BCUT2D eigenvalue weighted by Gasteiger charge is -2.16. The summed E-state index contributed by atoms with van der Waals surface area (Å²) in [6, 6.07) is 16.2. The molecule has 1 atom stereocenters. The number of unbranched alkanes of at least 4 members (excludes halogenated alkanes) is 1. The summed E-state index contributed by atoms with van der Waals surface area (Å²) in [5.41, 5.74) is 4.76. The summed E-state index contributed by atoms with van der Waals surface area (Å²) in [6.07, 6.45) is 2.42. The molecule has 200 valence electrons. The Labute approximate surface area is 218 Å². The molecule has 0 bridgehead atoms. The number of ether oxygens (including phenoxy) is 3. The zero-order valence-corrected chi connectivity index (χ0v) is 21.4. The fourth-order valence-electron chi connectivity index (χ4n) is 4.44. The van der Waals surface area contributed by atoms with Crippen molar-refractivity contribution < 1.29 is 28.6 Å². The van der Waals surface area contributed by atoms with E-state index in [1.165, 1.54) is 22.3 Å². The van der Waals surface area contributed by atoms with Gasteiger partial charge in [-0.3, -0.25) is 4.79 Å². The molecular weight excluding hydrogens is 474 g/mol. The van der Waals surface area contributed by atoms with E-state index >= 15 is 0 Å². The topological polar surface area (TPSA) is 115 Å². The predicted octanol–water partition coefficient (Wildman–Crippen LogP) is 2.63. The highest BCUT2D eigenvalue weighted by molar-refractivity contribution is 5.81. The van der Waals surface area contributed by atoms with Crippen molar-refractivity contribution in [2.45, 2.75) is 31.2 Å². The second-order valence-electron chi connectivity index (χ2n) is 8.73. The second kappa shape index (κ2) is 15.8. The minimum Gasteiger partial charge on any atom is -0.449 e. The maximum absolute atomic E-state index is 12.3. The van der Waals surface area contributed by atoms with Gasteiger partial charge in [0.25, 0.3) is 0 Å². The summed E-state index contributed by atoms with van der Waals surface area (Å²) in [6.45, 7) is 2.31. The molecule has 1 unspecified atom stereocenters. The Morgan fingerprint density at radius 1 is 0.892 bits per heavy atom. The Morgan fingerprint density at radius 3 is 2.24 bits per heavy atom. The lowest BCUT2D eigenvalue weighted by atomic mass is 9.98. The Kier molecular flexibility index (Phi) is 12.1. The summed E-state index contributed by atoms with van der Waals surface area (Å²) in [5, 5.41) is 8.68. The third kappa shape index (κ3) is 8.66. The van der Waals surface area contributed by atoms with Gasteiger partial charge in [-0.1, -0.05) is 48.5 Å². The van der Waals surface area contributed by atoms with Gasteiger partial charge in [0.05, 0.1) is 25.9 Å². The van der Waals surface area contributed by atoms with E-state index < -0.39 is 6.09 Å². The van der Waals surface area contributed by atoms with Gasteiger partial charge in [0.2, 0.25) is 5.91 Å². The Hall–Kier alpha value is -3.27. The normalized spacial score (nSPS) is 12.9. The first-order chi connectivity index (χ1) is 18.2. The molecule has 0 aromatic heterocycles. The van der Waals surface area contributed by atoms with Crippen molar-refractivity contribution in [3.05, 3.63) is 59.7 Å². The molecule has 37 heavy (non-hydrogen) atoms. The van der Waals surface area contributed by atoms with E-state index in [1.54, 1.807) is 7.05 Å². The molecule has 0 saturated carbocycles. The van der Waals surface area contributed by atoms with Gasteiger partial charge in [-0.15, -0.1) is 0 Å². The van der Waals surface area contributed by atoms with E-state index in [9.17, 15) is 14.4 Å². The van der Waals surface area contributed by atoms with Crippen LogP contribution in [0.25, 0.3) is 11.1 Å². The number of benzene rings is 2. The number of hydrogen-bond acceptors (Lipinski definition) is 7. The molecule has 9 nitrogen and oxygen atoms in total. The number of alkyl carbamates (subject to hydrolysis) is 1. The minimum absolute atomic E-state index is 0.0363. The summed E-state index contributed by atoms with van der Waals surface area (Å²) >= 11 is 0. The lowest BCUT2D eigenvalue weighted by molar-refractivity contribution is -0.123. The van der Waals surface area contributed by atoms with E-state index in [2.05, 4.69) is 40.2 Å². The van der Waals surface area contributed by atoms with Crippen LogP contribution in [0.15, 0.2) is 48.5 Å². The van der Waals surface area contributed by atoms with Gasteiger partial charge in [-0.05, 0) is 48.6 Å². The Balaban J connectivity index is 1.28. The molecule has 0 fully saturated rings. The maximum Gasteiger partial charge on any atom is 0.407 e. The maximum atomic E-state index is 12.3. The predicted molar refractivity (Wildman–Crippen MR) is 140 cm³/mol. The quantitative estimate of drug-likeness (QED) is 0.221. The van der Waals surface area contributed by atoms with Crippen LogP contribution in [0.4, 0.5) is 4.79 Å². The van der Waals surface area contributed by atoms with Crippen molar-refractivity contribution in [1.29, 1.82) is 0 Å². The van der Waals surface area contributed by atoms with Crippen LogP contribution in [-0.2, 0) is 23.8 Å². The van der Waals surface area contributed by atoms with Crippen LogP contribution in [-0.4, -0.2) is 77.5 Å². The molecule has 3 N–H and O–H groups in total. The number of fused-ring (bicyclic) bond motifs is 3.